The minimum Gasteiger partial charge on any atom is -0.465 e. The van der Waals surface area contributed by atoms with Crippen molar-refractivity contribution >= 4 is 33.4 Å². The fourth-order valence-electron chi connectivity index (χ4n) is 1.39. The van der Waals surface area contributed by atoms with Crippen molar-refractivity contribution in [2.24, 2.45) is 0 Å². The monoisotopic (exact) mass is 298 g/mol. The summed E-state index contributed by atoms with van der Waals surface area (Å²) in [6, 6.07) is 0. The molecule has 1 N–H and O–H groups in total. The standard InChI is InChI=1S/C10H11BrN4O2/c1-2-17-8(16)5-13-9-10-12-3-4-15(10)6-7(11)14-9/h3-4,6H,2,5H2,1H3,(H,13,14). The number of hydrogen-bond donors (Lipinski definition) is 1. The molecule has 2 aromatic heterocycles. The first-order chi connectivity index (χ1) is 8.20. The van der Waals surface area contributed by atoms with Crippen LogP contribution >= 0.6 is 15.9 Å². The van der Waals surface area contributed by atoms with Crippen LogP contribution in [0.5, 0.6) is 0 Å². The molecule has 90 valence electrons. The number of hydrogen-bond acceptors (Lipinski definition) is 5. The van der Waals surface area contributed by atoms with Crippen LogP contribution in [0.3, 0.4) is 0 Å². The van der Waals surface area contributed by atoms with Crippen LogP contribution < -0.4 is 5.32 Å². The van der Waals surface area contributed by atoms with Crippen LogP contribution in [0.1, 0.15) is 6.92 Å². The lowest BCUT2D eigenvalue weighted by Gasteiger charge is -2.06. The third-order valence-corrected chi connectivity index (χ3v) is 2.43. The lowest BCUT2D eigenvalue weighted by Crippen LogP contribution is -2.17. The molecule has 17 heavy (non-hydrogen) atoms. The topological polar surface area (TPSA) is 68.5 Å². The van der Waals surface area contributed by atoms with E-state index in [2.05, 4.69) is 31.2 Å². The van der Waals surface area contributed by atoms with E-state index in [1.807, 2.05) is 4.40 Å². The highest BCUT2D eigenvalue weighted by Crippen LogP contribution is 2.16. The van der Waals surface area contributed by atoms with Crippen molar-refractivity contribution in [2.75, 3.05) is 18.5 Å². The van der Waals surface area contributed by atoms with E-state index in [4.69, 9.17) is 4.74 Å². The Morgan fingerprint density at radius 3 is 3.24 bits per heavy atom. The second-order valence-corrected chi connectivity index (χ2v) is 4.04. The third kappa shape index (κ3) is 2.73. The number of carbonyl (C=O) groups excluding carboxylic acids is 1. The Bertz CT molecular complexity index is 540. The predicted octanol–water partition coefficient (Wildman–Crippen LogP) is 1.47. The first-order valence-electron chi connectivity index (χ1n) is 5.09. The molecule has 0 bridgehead atoms. The maximum absolute atomic E-state index is 11.2. The predicted molar refractivity (Wildman–Crippen MR) is 65.8 cm³/mol. The molecule has 0 saturated carbocycles. The first-order valence-corrected chi connectivity index (χ1v) is 5.88. The molecule has 2 rings (SSSR count). The van der Waals surface area contributed by atoms with Crippen LogP contribution in [0.15, 0.2) is 23.2 Å². The van der Waals surface area contributed by atoms with E-state index < -0.39 is 0 Å². The van der Waals surface area contributed by atoms with Gasteiger partial charge in [0.2, 0.25) is 0 Å². The summed E-state index contributed by atoms with van der Waals surface area (Å²) in [7, 11) is 0. The summed E-state index contributed by atoms with van der Waals surface area (Å²) >= 11 is 3.29. The van der Waals surface area contributed by atoms with Gasteiger partial charge in [-0.05, 0) is 22.9 Å². The quantitative estimate of drug-likeness (QED) is 0.866. The van der Waals surface area contributed by atoms with E-state index in [-0.39, 0.29) is 12.5 Å². The van der Waals surface area contributed by atoms with Gasteiger partial charge in [0.05, 0.1) is 6.61 Å². The molecule has 7 heteroatoms. The third-order valence-electron chi connectivity index (χ3n) is 2.05. The second-order valence-electron chi connectivity index (χ2n) is 3.23. The number of fused-ring (bicyclic) bond motifs is 1. The molecular formula is C10H11BrN4O2. The van der Waals surface area contributed by atoms with E-state index >= 15 is 0 Å². The largest absolute Gasteiger partial charge is 0.465 e. The Kier molecular flexibility index (Phi) is 3.58. The number of rotatable bonds is 4. The zero-order valence-corrected chi connectivity index (χ0v) is 10.8. The fraction of sp³-hybridized carbons (Fsp3) is 0.300. The molecule has 2 heterocycles. The Hall–Kier alpha value is -1.63. The van der Waals surface area contributed by atoms with E-state index in [1.165, 1.54) is 0 Å². The lowest BCUT2D eigenvalue weighted by molar-refractivity contribution is -0.140. The average Bonchev–Trinajstić information content (AvgIpc) is 2.74. The molecule has 0 aliphatic carbocycles. The maximum atomic E-state index is 11.2. The molecule has 2 aromatic rings. The molecule has 0 amide bonds. The van der Waals surface area contributed by atoms with Crippen LogP contribution in [0, 0.1) is 0 Å². The number of ether oxygens (including phenoxy) is 1. The summed E-state index contributed by atoms with van der Waals surface area (Å²) in [4.78, 5) is 19.6. The van der Waals surface area contributed by atoms with Crippen molar-refractivity contribution in [3.05, 3.63) is 23.2 Å². The summed E-state index contributed by atoms with van der Waals surface area (Å²) < 4.78 is 7.29. The van der Waals surface area contributed by atoms with Crippen molar-refractivity contribution in [3.63, 3.8) is 0 Å². The van der Waals surface area contributed by atoms with Crippen LogP contribution in [-0.2, 0) is 9.53 Å². The number of nitrogens with one attached hydrogen (secondary N) is 1. The van der Waals surface area contributed by atoms with Crippen molar-refractivity contribution in [1.82, 2.24) is 14.4 Å². The first kappa shape index (κ1) is 11.8. The van der Waals surface area contributed by atoms with Gasteiger partial charge in [0.1, 0.15) is 11.1 Å². The van der Waals surface area contributed by atoms with E-state index in [1.54, 1.807) is 25.5 Å². The highest BCUT2D eigenvalue weighted by atomic mass is 79.9. The Labute approximate surface area is 106 Å². The van der Waals surface area contributed by atoms with E-state index in [9.17, 15) is 4.79 Å². The summed E-state index contributed by atoms with van der Waals surface area (Å²) in [5, 5.41) is 2.90. The number of anilines is 1. The molecule has 0 radical (unpaired) electrons. The molecule has 0 unspecified atom stereocenters. The Morgan fingerprint density at radius 2 is 2.47 bits per heavy atom. The molecule has 6 nitrogen and oxygen atoms in total. The van der Waals surface area contributed by atoms with Crippen molar-refractivity contribution < 1.29 is 9.53 Å². The zero-order chi connectivity index (χ0) is 12.3. The zero-order valence-electron chi connectivity index (χ0n) is 9.18. The van der Waals surface area contributed by atoms with Crippen molar-refractivity contribution in [2.45, 2.75) is 6.92 Å². The minimum absolute atomic E-state index is 0.0693. The van der Waals surface area contributed by atoms with Gasteiger partial charge in [-0.1, -0.05) is 0 Å². The van der Waals surface area contributed by atoms with E-state index in [0.717, 1.165) is 0 Å². The van der Waals surface area contributed by atoms with Gasteiger partial charge in [-0.15, -0.1) is 0 Å². The van der Waals surface area contributed by atoms with Gasteiger partial charge in [0, 0.05) is 18.6 Å². The van der Waals surface area contributed by atoms with Gasteiger partial charge in [0.25, 0.3) is 0 Å². The molecular weight excluding hydrogens is 288 g/mol. The molecule has 0 fully saturated rings. The number of aromatic nitrogens is 3. The summed E-state index contributed by atoms with van der Waals surface area (Å²) in [5.74, 6) is 0.219. The minimum atomic E-state index is -0.320. The van der Waals surface area contributed by atoms with Gasteiger partial charge >= 0.3 is 5.97 Å². The van der Waals surface area contributed by atoms with Crippen molar-refractivity contribution in [1.29, 1.82) is 0 Å². The number of halogens is 1. The summed E-state index contributed by atoms with van der Waals surface area (Å²) in [6.07, 6.45) is 5.26. The van der Waals surface area contributed by atoms with Gasteiger partial charge in [-0.2, -0.15) is 0 Å². The molecule has 0 atom stereocenters. The molecule has 0 spiro atoms. The SMILES string of the molecule is CCOC(=O)CNc1nc(Br)cn2ccnc12. The highest BCUT2D eigenvalue weighted by Gasteiger charge is 2.08. The number of carbonyl (C=O) groups is 1. The fourth-order valence-corrected chi connectivity index (χ4v) is 1.79. The highest BCUT2D eigenvalue weighted by molar-refractivity contribution is 9.10. The van der Waals surface area contributed by atoms with Gasteiger partial charge in [0.15, 0.2) is 11.5 Å². The molecule has 0 aromatic carbocycles. The maximum Gasteiger partial charge on any atom is 0.325 e. The van der Waals surface area contributed by atoms with Crippen LogP contribution in [0.2, 0.25) is 0 Å². The smallest absolute Gasteiger partial charge is 0.325 e. The van der Waals surface area contributed by atoms with Crippen LogP contribution in [0.4, 0.5) is 5.82 Å². The summed E-state index contributed by atoms with van der Waals surface area (Å²) in [6.45, 7) is 2.20. The number of esters is 1. The Morgan fingerprint density at radius 1 is 1.65 bits per heavy atom. The normalized spacial score (nSPS) is 10.5. The number of nitrogens with zero attached hydrogens (tertiary/aromatic N) is 3. The molecule has 0 aliphatic heterocycles. The van der Waals surface area contributed by atoms with E-state index in [0.29, 0.717) is 22.7 Å². The number of imidazole rings is 1. The lowest BCUT2D eigenvalue weighted by atomic mass is 10.5. The van der Waals surface area contributed by atoms with Crippen LogP contribution in [0.25, 0.3) is 5.65 Å². The summed E-state index contributed by atoms with van der Waals surface area (Å²) in [5.41, 5.74) is 0.664. The van der Waals surface area contributed by atoms with Crippen LogP contribution in [-0.4, -0.2) is 33.5 Å². The molecule has 0 aliphatic rings. The van der Waals surface area contributed by atoms with Gasteiger partial charge in [-0.25, -0.2) is 9.97 Å². The van der Waals surface area contributed by atoms with Crippen molar-refractivity contribution in [3.8, 4) is 0 Å². The van der Waals surface area contributed by atoms with Gasteiger partial charge in [-0.3, -0.25) is 4.79 Å². The second kappa shape index (κ2) is 5.13. The molecule has 0 saturated heterocycles. The van der Waals surface area contributed by atoms with Gasteiger partial charge < -0.3 is 14.5 Å². The Balaban J connectivity index is 2.17. The average molecular weight is 299 g/mol.